The Hall–Kier alpha value is -0.908. The highest BCUT2D eigenvalue weighted by atomic mass is 27.2. The van der Waals surface area contributed by atoms with Gasteiger partial charge in [0.1, 0.15) is 0 Å². The van der Waals surface area contributed by atoms with E-state index in [4.69, 9.17) is 0 Å². The molecule has 0 spiro atoms. The molecule has 2 nitrogen and oxygen atoms in total. The number of aryl methyl sites for hydroxylation is 4. The molecule has 0 aliphatic heterocycles. The van der Waals surface area contributed by atoms with Gasteiger partial charge in [0.25, 0.3) is 0 Å². The molecule has 2 aromatic heterocycles. The number of aromatic nitrogens is 2. The Morgan fingerprint density at radius 1 is 0.619 bits per heavy atom. The van der Waals surface area contributed by atoms with Crippen molar-refractivity contribution in [3.05, 3.63) is 47.0 Å². The van der Waals surface area contributed by atoms with Gasteiger partial charge in [-0.2, -0.15) is 0 Å². The summed E-state index contributed by atoms with van der Waals surface area (Å²) < 4.78 is 5.44. The summed E-state index contributed by atoms with van der Waals surface area (Å²) in [6, 6.07) is 9.37. The third-order valence-electron chi connectivity index (χ3n) is 4.58. The van der Waals surface area contributed by atoms with Crippen LogP contribution in [0.15, 0.2) is 24.3 Å². The molecule has 2 aromatic rings. The van der Waals surface area contributed by atoms with Gasteiger partial charge in [-0.05, 0) is 72.7 Å². The van der Waals surface area contributed by atoms with Crippen molar-refractivity contribution in [1.82, 2.24) is 7.10 Å². The summed E-state index contributed by atoms with van der Waals surface area (Å²) in [5, 5.41) is 1.27. The number of rotatable bonds is 7. The van der Waals surface area contributed by atoms with Gasteiger partial charge in [-0.1, -0.05) is 39.9 Å². The fourth-order valence-electron chi connectivity index (χ4n) is 3.47. The van der Waals surface area contributed by atoms with Gasteiger partial charge in [-0.25, -0.2) is 0 Å². The molecule has 0 saturated heterocycles. The van der Waals surface area contributed by atoms with Crippen LogP contribution in [-0.2, 0) is 25.7 Å². The Morgan fingerprint density at radius 2 is 0.905 bits per heavy atom. The fourth-order valence-corrected chi connectivity index (χ4v) is 7.04. The van der Waals surface area contributed by atoms with Crippen molar-refractivity contribution in [3.63, 3.8) is 0 Å². The molecule has 114 valence electrons. The van der Waals surface area contributed by atoms with Crippen LogP contribution in [0.25, 0.3) is 0 Å². The molecule has 0 saturated carbocycles. The number of hydrogen-bond acceptors (Lipinski definition) is 0. The molecule has 0 amide bonds. The molecular formula is C18H29AlN2. The summed E-state index contributed by atoms with van der Waals surface area (Å²) in [5.74, 6) is 0. The maximum Gasteiger partial charge on any atom is 0.582 e. The van der Waals surface area contributed by atoms with E-state index in [1.807, 2.05) is 0 Å². The highest BCUT2D eigenvalue weighted by molar-refractivity contribution is 6.56. The Balaban J connectivity index is 2.59. The Bertz CT molecular complexity index is 487. The molecule has 21 heavy (non-hydrogen) atoms. The van der Waals surface area contributed by atoms with Gasteiger partial charge in [0.15, 0.2) is 0 Å². The first-order chi connectivity index (χ1) is 10.2. The maximum absolute atomic E-state index is 2.72. The van der Waals surface area contributed by atoms with Crippen molar-refractivity contribution in [3.8, 4) is 0 Å². The minimum atomic E-state index is -1.23. The molecule has 0 aliphatic carbocycles. The lowest BCUT2D eigenvalue weighted by Gasteiger charge is -2.24. The van der Waals surface area contributed by atoms with Gasteiger partial charge in [0.2, 0.25) is 0 Å². The van der Waals surface area contributed by atoms with Gasteiger partial charge < -0.3 is 7.10 Å². The van der Waals surface area contributed by atoms with E-state index in [-0.39, 0.29) is 0 Å². The van der Waals surface area contributed by atoms with Crippen molar-refractivity contribution in [2.75, 3.05) is 0 Å². The van der Waals surface area contributed by atoms with Crippen molar-refractivity contribution < 1.29 is 0 Å². The summed E-state index contributed by atoms with van der Waals surface area (Å²) in [7, 11) is 0. The Kier molecular flexibility index (Phi) is 5.79. The topological polar surface area (TPSA) is 9.86 Å². The van der Waals surface area contributed by atoms with Gasteiger partial charge in [0.05, 0.1) is 0 Å². The maximum atomic E-state index is 2.72. The van der Waals surface area contributed by atoms with Crippen LogP contribution in [0, 0.1) is 0 Å². The predicted octanol–water partition coefficient (Wildman–Crippen LogP) is 4.44. The molecule has 0 aliphatic rings. The Morgan fingerprint density at radius 3 is 1.10 bits per heavy atom. The normalized spacial score (nSPS) is 11.1. The van der Waals surface area contributed by atoms with Crippen molar-refractivity contribution in [2.45, 2.75) is 65.6 Å². The van der Waals surface area contributed by atoms with E-state index in [1.54, 1.807) is 0 Å². The first kappa shape index (κ1) is 16.5. The lowest BCUT2D eigenvalue weighted by Crippen LogP contribution is -2.37. The summed E-state index contributed by atoms with van der Waals surface area (Å²) >= 11 is -1.23. The first-order valence-electron chi connectivity index (χ1n) is 8.59. The molecule has 2 rings (SSSR count). The predicted molar refractivity (Wildman–Crippen MR) is 93.4 cm³/mol. The zero-order valence-corrected chi connectivity index (χ0v) is 15.5. The SMILES string of the molecule is CCc1ccc(CC)[n]1[Al]([CH2]C)[n]1c(CC)ccc1CC. The van der Waals surface area contributed by atoms with Gasteiger partial charge >= 0.3 is 14.6 Å². The first-order valence-corrected chi connectivity index (χ1v) is 10.4. The van der Waals surface area contributed by atoms with Crippen LogP contribution in [-0.4, -0.2) is 21.7 Å². The standard InChI is InChI=1S/2C8H12N.C2H5.Al/c2*1-3-7-5-6-8(4-2)9-7;1-2;/h2*5-6H,3-4H2,1-2H3;1H2,2H3;/q2*-1;;+2. The number of hydrogen-bond donors (Lipinski definition) is 0. The average molecular weight is 300 g/mol. The highest BCUT2D eigenvalue weighted by Crippen LogP contribution is 2.20. The zero-order valence-electron chi connectivity index (χ0n) is 14.3. The lowest BCUT2D eigenvalue weighted by atomic mass is 10.3. The molecule has 0 radical (unpaired) electrons. The summed E-state index contributed by atoms with van der Waals surface area (Å²) in [4.78, 5) is 0. The molecule has 2 heterocycles. The molecule has 0 aromatic carbocycles. The molecule has 0 N–H and O–H groups in total. The third kappa shape index (κ3) is 3.00. The fraction of sp³-hybridized carbons (Fsp3) is 0.556. The molecule has 0 fully saturated rings. The second kappa shape index (κ2) is 7.38. The minimum Gasteiger partial charge on any atom is -0.422 e. The second-order valence-electron chi connectivity index (χ2n) is 5.68. The van der Waals surface area contributed by atoms with Gasteiger partial charge in [-0.3, -0.25) is 0 Å². The lowest BCUT2D eigenvalue weighted by molar-refractivity contribution is 0.839. The minimum absolute atomic E-state index is 1.13. The van der Waals surface area contributed by atoms with Gasteiger partial charge in [0, 0.05) is 0 Å². The largest absolute Gasteiger partial charge is 0.582 e. The van der Waals surface area contributed by atoms with Crippen LogP contribution >= 0.6 is 0 Å². The van der Waals surface area contributed by atoms with E-state index in [1.165, 1.54) is 28.1 Å². The van der Waals surface area contributed by atoms with Crippen LogP contribution in [0.5, 0.6) is 0 Å². The summed E-state index contributed by atoms with van der Waals surface area (Å²) in [6.07, 6.45) is 4.53. The van der Waals surface area contributed by atoms with Crippen LogP contribution in [0.2, 0.25) is 5.28 Å². The zero-order chi connectivity index (χ0) is 15.4. The van der Waals surface area contributed by atoms with Gasteiger partial charge in [-0.15, -0.1) is 0 Å². The van der Waals surface area contributed by atoms with E-state index in [9.17, 15) is 0 Å². The average Bonchev–Trinajstić information content (AvgIpc) is 3.12. The quantitative estimate of drug-likeness (QED) is 0.669. The van der Waals surface area contributed by atoms with E-state index >= 15 is 0 Å². The smallest absolute Gasteiger partial charge is 0.422 e. The molecule has 0 atom stereocenters. The van der Waals surface area contributed by atoms with E-state index in [0.29, 0.717) is 0 Å². The summed E-state index contributed by atoms with van der Waals surface area (Å²) in [6.45, 7) is 11.5. The van der Waals surface area contributed by atoms with Crippen molar-refractivity contribution in [1.29, 1.82) is 0 Å². The molecule has 3 heteroatoms. The van der Waals surface area contributed by atoms with E-state index in [0.717, 1.165) is 25.7 Å². The van der Waals surface area contributed by atoms with Crippen molar-refractivity contribution in [2.24, 2.45) is 0 Å². The van der Waals surface area contributed by atoms with Crippen LogP contribution in [0.3, 0.4) is 0 Å². The van der Waals surface area contributed by atoms with E-state index < -0.39 is 14.6 Å². The molecular weight excluding hydrogens is 271 g/mol. The van der Waals surface area contributed by atoms with Crippen LogP contribution in [0.4, 0.5) is 0 Å². The second-order valence-corrected chi connectivity index (χ2v) is 8.49. The molecule has 0 unspecified atom stereocenters. The monoisotopic (exact) mass is 300 g/mol. The third-order valence-corrected chi connectivity index (χ3v) is 7.83. The van der Waals surface area contributed by atoms with E-state index in [2.05, 4.69) is 66.0 Å². The molecule has 0 bridgehead atoms. The van der Waals surface area contributed by atoms with Crippen LogP contribution < -0.4 is 0 Å². The van der Waals surface area contributed by atoms with Crippen LogP contribution in [0.1, 0.15) is 57.4 Å². The Labute approximate surface area is 134 Å². The summed E-state index contributed by atoms with van der Waals surface area (Å²) in [5.41, 5.74) is 6.07. The number of nitrogens with zero attached hydrogens (tertiary/aromatic N) is 2. The van der Waals surface area contributed by atoms with Crippen molar-refractivity contribution >= 4 is 14.6 Å². The highest BCUT2D eigenvalue weighted by Gasteiger charge is 2.30.